The van der Waals surface area contributed by atoms with E-state index >= 15 is 0 Å². The summed E-state index contributed by atoms with van der Waals surface area (Å²) in [5.74, 6) is -3.00. The zero-order valence-electron chi connectivity index (χ0n) is 27.6. The van der Waals surface area contributed by atoms with Crippen LogP contribution in [0.25, 0.3) is 0 Å². The van der Waals surface area contributed by atoms with Crippen LogP contribution in [0.2, 0.25) is 0 Å². The van der Waals surface area contributed by atoms with Crippen LogP contribution in [0.3, 0.4) is 0 Å². The van der Waals surface area contributed by atoms with Gasteiger partial charge in [-0.1, -0.05) is 89.2 Å². The molecule has 0 fully saturated rings. The number of hydrogen-bond donors (Lipinski definition) is 5. The Hall–Kier alpha value is -3.47. The molecule has 0 aliphatic rings. The van der Waals surface area contributed by atoms with Crippen molar-refractivity contribution in [1.29, 1.82) is 0 Å². The van der Waals surface area contributed by atoms with E-state index in [1.54, 1.807) is 29.2 Å². The van der Waals surface area contributed by atoms with Crippen LogP contribution in [0.4, 0.5) is 0 Å². The summed E-state index contributed by atoms with van der Waals surface area (Å²) in [5.41, 5.74) is 6.76. The Labute approximate surface area is 274 Å². The molecule has 11 heteroatoms. The van der Waals surface area contributed by atoms with Crippen molar-refractivity contribution in [1.82, 2.24) is 10.2 Å². The van der Waals surface area contributed by atoms with E-state index in [4.69, 9.17) is 21.1 Å². The van der Waals surface area contributed by atoms with Gasteiger partial charge in [-0.25, -0.2) is 0 Å². The summed E-state index contributed by atoms with van der Waals surface area (Å²) in [7, 11) is 0. The number of rotatable bonds is 29. The molecule has 1 rings (SSSR count). The number of carbonyl (C=O) groups excluding carboxylic acids is 2. The number of hydrogen-bond acceptors (Lipinski definition) is 6. The molecule has 0 unspecified atom stereocenters. The zero-order chi connectivity index (χ0) is 34.0. The molecule has 0 aliphatic carbocycles. The van der Waals surface area contributed by atoms with Crippen LogP contribution in [-0.2, 0) is 25.7 Å². The van der Waals surface area contributed by atoms with Crippen molar-refractivity contribution in [3.05, 3.63) is 35.4 Å². The third kappa shape index (κ3) is 21.3. The lowest BCUT2D eigenvalue weighted by atomic mass is 10.0. The van der Waals surface area contributed by atoms with Crippen molar-refractivity contribution in [2.24, 2.45) is 5.73 Å². The van der Waals surface area contributed by atoms with Crippen molar-refractivity contribution in [3.63, 3.8) is 0 Å². The molecule has 1 aromatic carbocycles. The van der Waals surface area contributed by atoms with Gasteiger partial charge < -0.3 is 31.3 Å². The van der Waals surface area contributed by atoms with E-state index < -0.39 is 23.9 Å². The lowest BCUT2D eigenvalue weighted by Gasteiger charge is -2.22. The average Bonchev–Trinajstić information content (AvgIpc) is 3.02. The fourth-order valence-electron chi connectivity index (χ4n) is 5.25. The Morgan fingerprint density at radius 2 is 1.11 bits per heavy atom. The van der Waals surface area contributed by atoms with Gasteiger partial charge in [-0.15, -0.1) is 0 Å². The van der Waals surface area contributed by atoms with Gasteiger partial charge in [0.15, 0.2) is 0 Å². The van der Waals surface area contributed by atoms with Crippen LogP contribution in [0.5, 0.6) is 0 Å². The third-order valence-electron chi connectivity index (χ3n) is 8.11. The molecular formula is C35H57N3O8. The molecule has 46 heavy (non-hydrogen) atoms. The quantitative estimate of drug-likeness (QED) is 0.0638. The third-order valence-corrected chi connectivity index (χ3v) is 8.11. The average molecular weight is 648 g/mol. The highest BCUT2D eigenvalue weighted by atomic mass is 16.4. The Kier molecular flexibility index (Phi) is 22.6. The van der Waals surface area contributed by atoms with E-state index in [1.807, 2.05) is 0 Å². The van der Waals surface area contributed by atoms with Crippen LogP contribution in [-0.4, -0.2) is 69.1 Å². The number of nitrogens with zero attached hydrogens (tertiary/aromatic N) is 1. The number of benzene rings is 1. The predicted molar refractivity (Wildman–Crippen MR) is 177 cm³/mol. The molecule has 0 aromatic heterocycles. The Morgan fingerprint density at radius 1 is 0.630 bits per heavy atom. The molecule has 0 bridgehead atoms. The smallest absolute Gasteiger partial charge is 0.320 e. The van der Waals surface area contributed by atoms with Crippen LogP contribution in [0.1, 0.15) is 144 Å². The van der Waals surface area contributed by atoms with Crippen LogP contribution in [0, 0.1) is 0 Å². The van der Waals surface area contributed by atoms with E-state index in [0.717, 1.165) is 50.5 Å². The van der Waals surface area contributed by atoms with Crippen LogP contribution >= 0.6 is 0 Å². The van der Waals surface area contributed by atoms with E-state index in [1.165, 1.54) is 44.9 Å². The van der Waals surface area contributed by atoms with Gasteiger partial charge in [-0.3, -0.25) is 24.0 Å². The highest BCUT2D eigenvalue weighted by Crippen LogP contribution is 2.15. The van der Waals surface area contributed by atoms with Crippen molar-refractivity contribution in [3.8, 4) is 0 Å². The Balaban J connectivity index is 2.26. The number of nitrogens with one attached hydrogen (secondary N) is 1. The lowest BCUT2D eigenvalue weighted by Crippen LogP contribution is -2.32. The summed E-state index contributed by atoms with van der Waals surface area (Å²) in [4.78, 5) is 59.4. The van der Waals surface area contributed by atoms with Crippen molar-refractivity contribution < 1.29 is 39.3 Å². The highest BCUT2D eigenvalue weighted by Gasteiger charge is 2.16. The second-order valence-corrected chi connectivity index (χ2v) is 12.2. The van der Waals surface area contributed by atoms with Crippen molar-refractivity contribution in [2.45, 2.75) is 141 Å². The minimum absolute atomic E-state index is 0.0624. The molecule has 0 saturated heterocycles. The minimum atomic E-state index is -1.03. The highest BCUT2D eigenvalue weighted by molar-refractivity contribution is 5.94. The number of unbranched alkanes of at least 4 members (excludes halogenated alkanes) is 14. The van der Waals surface area contributed by atoms with Crippen molar-refractivity contribution >= 4 is 29.7 Å². The molecule has 2 amide bonds. The Bertz CT molecular complexity index is 1030. The summed E-state index contributed by atoms with van der Waals surface area (Å²) >= 11 is 0. The van der Waals surface area contributed by atoms with Crippen LogP contribution in [0.15, 0.2) is 24.3 Å². The molecule has 0 aliphatic heterocycles. The number of carbonyl (C=O) groups is 5. The molecular weight excluding hydrogens is 590 g/mol. The molecule has 6 N–H and O–H groups in total. The van der Waals surface area contributed by atoms with Gasteiger partial charge in [0.25, 0.3) is 5.91 Å². The first-order chi connectivity index (χ1) is 22.1. The summed E-state index contributed by atoms with van der Waals surface area (Å²) < 4.78 is 0. The molecule has 1 aromatic rings. The number of nitrogens with two attached hydrogens (primary N) is 1. The topological polar surface area (TPSA) is 187 Å². The number of carboxylic acid groups (broad SMARTS) is 3. The van der Waals surface area contributed by atoms with E-state index in [9.17, 15) is 24.0 Å². The second-order valence-electron chi connectivity index (χ2n) is 12.2. The number of carboxylic acids is 3. The second kappa shape index (κ2) is 25.7. The molecule has 260 valence electrons. The molecule has 0 saturated carbocycles. The maximum absolute atomic E-state index is 13.0. The fraction of sp³-hybridized carbons (Fsp3) is 0.686. The molecule has 0 spiro atoms. The van der Waals surface area contributed by atoms with Gasteiger partial charge in [0.1, 0.15) is 6.04 Å². The lowest BCUT2D eigenvalue weighted by molar-refractivity contribution is -0.140. The maximum Gasteiger partial charge on any atom is 0.320 e. The van der Waals surface area contributed by atoms with E-state index in [2.05, 4.69) is 5.32 Å². The first kappa shape index (κ1) is 40.6. The van der Waals surface area contributed by atoms with Gasteiger partial charge >= 0.3 is 17.9 Å². The summed E-state index contributed by atoms with van der Waals surface area (Å²) in [5, 5.41) is 29.4. The largest absolute Gasteiger partial charge is 0.481 e. The minimum Gasteiger partial charge on any atom is -0.481 e. The normalized spacial score (nSPS) is 11.6. The molecule has 0 radical (unpaired) electrons. The number of aliphatic carboxylic acids is 3. The van der Waals surface area contributed by atoms with Gasteiger partial charge in [0, 0.05) is 38.0 Å². The summed E-state index contributed by atoms with van der Waals surface area (Å²) in [6, 6.07) is 6.00. The first-order valence-electron chi connectivity index (χ1n) is 17.2. The van der Waals surface area contributed by atoms with Gasteiger partial charge in [-0.05, 0) is 49.8 Å². The zero-order valence-corrected chi connectivity index (χ0v) is 27.6. The monoisotopic (exact) mass is 647 g/mol. The number of amides is 2. The van der Waals surface area contributed by atoms with Gasteiger partial charge in [0.2, 0.25) is 5.91 Å². The van der Waals surface area contributed by atoms with Crippen LogP contribution < -0.4 is 11.1 Å². The molecule has 0 heterocycles. The van der Waals surface area contributed by atoms with E-state index in [0.29, 0.717) is 37.8 Å². The van der Waals surface area contributed by atoms with Crippen molar-refractivity contribution in [2.75, 3.05) is 13.1 Å². The van der Waals surface area contributed by atoms with Gasteiger partial charge in [-0.2, -0.15) is 0 Å². The van der Waals surface area contributed by atoms with E-state index in [-0.39, 0.29) is 37.7 Å². The maximum atomic E-state index is 13.0. The molecule has 11 nitrogen and oxygen atoms in total. The predicted octanol–water partition coefficient (Wildman–Crippen LogP) is 6.13. The first-order valence-corrected chi connectivity index (χ1v) is 17.2. The summed E-state index contributed by atoms with van der Waals surface area (Å²) in [6.45, 7) is 0.820. The molecule has 1 atom stereocenters. The van der Waals surface area contributed by atoms with Gasteiger partial charge in [0.05, 0.1) is 6.42 Å². The SMILES string of the molecule is N[C@@H](CCCCNC(=O)c1ccc(CN(CCC(=O)O)C(=O)CCCCCCCCCCCCCCCCC(=O)O)cc1)C(=O)O. The fourth-order valence-corrected chi connectivity index (χ4v) is 5.25. The Morgan fingerprint density at radius 3 is 1.59 bits per heavy atom. The standard InChI is InChI=1S/C35H57N3O8/c36-30(35(45)46)17-15-16-25-37-34(44)29-22-20-28(21-23-29)27-38(26-24-33(42)43)31(39)18-13-11-9-7-5-3-1-2-4-6-8-10-12-14-19-32(40)41/h20-23,30H,1-19,24-27,36H2,(H,37,44)(H,40,41)(H,42,43)(H,45,46)/t30-/m0/s1. The summed E-state index contributed by atoms with van der Waals surface area (Å²) in [6.07, 6.45) is 17.6.